The van der Waals surface area contributed by atoms with Crippen LogP contribution in [0.2, 0.25) is 15.1 Å². The van der Waals surface area contributed by atoms with Crippen molar-refractivity contribution in [3.8, 4) is 0 Å². The molecular weight excluding hydrogens is 487 g/mol. The molecule has 0 aliphatic rings. The predicted octanol–water partition coefficient (Wildman–Crippen LogP) is 6.60. The number of hydrogen-bond acceptors (Lipinski definition) is 3. The van der Waals surface area contributed by atoms with Gasteiger partial charge in [0, 0.05) is 22.9 Å². The zero-order valence-corrected chi connectivity index (χ0v) is 21.8. The van der Waals surface area contributed by atoms with Gasteiger partial charge in [-0.1, -0.05) is 59.9 Å². The lowest BCUT2D eigenvalue weighted by Gasteiger charge is -2.33. The minimum absolute atomic E-state index is 0.106. The highest BCUT2D eigenvalue weighted by atomic mass is 35.5. The van der Waals surface area contributed by atoms with Gasteiger partial charge in [-0.05, 0) is 62.6 Å². The molecule has 2 aromatic carbocycles. The lowest BCUT2D eigenvalue weighted by molar-refractivity contribution is -0.140. The van der Waals surface area contributed by atoms with E-state index in [0.717, 1.165) is 11.1 Å². The highest BCUT2D eigenvalue weighted by molar-refractivity contribution is 7.99. The summed E-state index contributed by atoms with van der Waals surface area (Å²) in [6.07, 6.45) is 0.497. The van der Waals surface area contributed by atoms with E-state index in [1.165, 1.54) is 11.8 Å². The van der Waals surface area contributed by atoms with Crippen molar-refractivity contribution in [2.24, 2.45) is 0 Å². The molecule has 0 spiro atoms. The van der Waals surface area contributed by atoms with Gasteiger partial charge in [-0.15, -0.1) is 11.8 Å². The first-order valence-corrected chi connectivity index (χ1v) is 12.7. The second-order valence-corrected chi connectivity index (χ2v) is 10.8. The topological polar surface area (TPSA) is 49.4 Å². The molecule has 0 heterocycles. The van der Waals surface area contributed by atoms with Gasteiger partial charge >= 0.3 is 0 Å². The van der Waals surface area contributed by atoms with Crippen LogP contribution in [0.15, 0.2) is 42.5 Å². The summed E-state index contributed by atoms with van der Waals surface area (Å²) in [5.41, 5.74) is 1.50. The number of hydrogen-bond donors (Lipinski definition) is 1. The largest absolute Gasteiger partial charge is 0.350 e. The lowest BCUT2D eigenvalue weighted by Crippen LogP contribution is -2.53. The predicted molar refractivity (Wildman–Crippen MR) is 137 cm³/mol. The van der Waals surface area contributed by atoms with Gasteiger partial charge < -0.3 is 10.2 Å². The van der Waals surface area contributed by atoms with E-state index in [9.17, 15) is 9.59 Å². The summed E-state index contributed by atoms with van der Waals surface area (Å²) >= 11 is 19.7. The molecule has 0 unspecified atom stereocenters. The summed E-state index contributed by atoms with van der Waals surface area (Å²) in [6.45, 7) is 7.94. The number of amides is 2. The molecule has 1 N–H and O–H groups in total. The number of carbonyl (C=O) groups excluding carboxylic acids is 2. The molecule has 0 radical (unpaired) electrons. The van der Waals surface area contributed by atoms with Gasteiger partial charge in [0.1, 0.15) is 6.04 Å². The van der Waals surface area contributed by atoms with Crippen molar-refractivity contribution in [2.75, 3.05) is 5.75 Å². The number of nitrogens with one attached hydrogen (secondary N) is 1. The van der Waals surface area contributed by atoms with E-state index in [0.29, 0.717) is 27.2 Å². The smallest absolute Gasteiger partial charge is 0.243 e. The second-order valence-electron chi connectivity index (χ2n) is 8.55. The first kappa shape index (κ1) is 26.8. The quantitative estimate of drug-likeness (QED) is 0.409. The Kier molecular flexibility index (Phi) is 10.2. The Morgan fingerprint density at radius 2 is 1.62 bits per heavy atom. The van der Waals surface area contributed by atoms with Crippen molar-refractivity contribution in [1.82, 2.24) is 10.2 Å². The Labute approximate surface area is 210 Å². The van der Waals surface area contributed by atoms with Gasteiger partial charge in [0.25, 0.3) is 0 Å². The summed E-state index contributed by atoms with van der Waals surface area (Å²) in [5.74, 6) is 0.652. The van der Waals surface area contributed by atoms with Crippen LogP contribution >= 0.6 is 46.6 Å². The average molecular weight is 516 g/mol. The molecule has 0 aliphatic carbocycles. The molecule has 2 aromatic rings. The van der Waals surface area contributed by atoms with E-state index in [-0.39, 0.29) is 24.1 Å². The van der Waals surface area contributed by atoms with Crippen molar-refractivity contribution < 1.29 is 9.59 Å². The van der Waals surface area contributed by atoms with Crippen LogP contribution in [0, 0.1) is 0 Å². The van der Waals surface area contributed by atoms with Crippen molar-refractivity contribution in [2.45, 2.75) is 58.0 Å². The van der Waals surface area contributed by atoms with Gasteiger partial charge in [0.05, 0.1) is 15.8 Å². The normalized spacial score (nSPS) is 12.3. The van der Waals surface area contributed by atoms with Crippen LogP contribution in [0.4, 0.5) is 0 Å². The minimum Gasteiger partial charge on any atom is -0.350 e. The monoisotopic (exact) mass is 514 g/mol. The number of halogens is 3. The summed E-state index contributed by atoms with van der Waals surface area (Å²) in [4.78, 5) is 27.9. The van der Waals surface area contributed by atoms with Gasteiger partial charge in [0.2, 0.25) is 11.8 Å². The summed E-state index contributed by atoms with van der Waals surface area (Å²) < 4.78 is 0. The Bertz CT molecular complexity index is 930. The molecule has 0 saturated heterocycles. The van der Waals surface area contributed by atoms with E-state index in [1.54, 1.807) is 17.0 Å². The number of nitrogens with zero attached hydrogens (tertiary/aromatic N) is 1. The standard InChI is InChI=1S/C24H29Cl3N2O2S/c1-5-21(23(31)28-24(2,3)4)29(13-17-8-11-19(26)20(27)12-17)22(30)15-32-14-16-6-9-18(25)10-7-16/h6-12,21H,5,13-15H2,1-4H3,(H,28,31)/t21-/m1/s1. The van der Waals surface area contributed by atoms with E-state index in [1.807, 2.05) is 58.0 Å². The maximum absolute atomic E-state index is 13.3. The number of thioether (sulfide) groups is 1. The van der Waals surface area contributed by atoms with Crippen molar-refractivity contribution >= 4 is 58.4 Å². The highest BCUT2D eigenvalue weighted by Gasteiger charge is 2.30. The fourth-order valence-electron chi connectivity index (χ4n) is 3.13. The molecule has 4 nitrogen and oxygen atoms in total. The molecule has 0 saturated carbocycles. The molecule has 2 amide bonds. The molecule has 0 bridgehead atoms. The average Bonchev–Trinajstić information content (AvgIpc) is 2.70. The van der Waals surface area contributed by atoms with Crippen LogP contribution in [0.5, 0.6) is 0 Å². The second kappa shape index (κ2) is 12.2. The molecule has 174 valence electrons. The van der Waals surface area contributed by atoms with Crippen molar-refractivity contribution in [3.63, 3.8) is 0 Å². The van der Waals surface area contributed by atoms with Gasteiger partial charge in [0.15, 0.2) is 0 Å². The van der Waals surface area contributed by atoms with Crippen LogP contribution in [0.1, 0.15) is 45.2 Å². The fraction of sp³-hybridized carbons (Fsp3) is 0.417. The van der Waals surface area contributed by atoms with E-state index < -0.39 is 11.6 Å². The Morgan fingerprint density at radius 1 is 1.00 bits per heavy atom. The molecule has 1 atom stereocenters. The molecule has 0 fully saturated rings. The van der Waals surface area contributed by atoms with Crippen LogP contribution in [-0.2, 0) is 21.9 Å². The SMILES string of the molecule is CC[C@H](C(=O)NC(C)(C)C)N(Cc1ccc(Cl)c(Cl)c1)C(=O)CSCc1ccc(Cl)cc1. The van der Waals surface area contributed by atoms with E-state index >= 15 is 0 Å². The van der Waals surface area contributed by atoms with Crippen LogP contribution in [-0.4, -0.2) is 34.0 Å². The first-order valence-electron chi connectivity index (χ1n) is 10.4. The maximum Gasteiger partial charge on any atom is 0.243 e. The molecule has 0 aromatic heterocycles. The van der Waals surface area contributed by atoms with E-state index in [4.69, 9.17) is 34.8 Å². The number of rotatable bonds is 9. The van der Waals surface area contributed by atoms with Crippen molar-refractivity contribution in [1.29, 1.82) is 0 Å². The number of benzene rings is 2. The Hall–Kier alpha value is -1.40. The van der Waals surface area contributed by atoms with Crippen molar-refractivity contribution in [3.05, 3.63) is 68.7 Å². The minimum atomic E-state index is -0.590. The number of carbonyl (C=O) groups is 2. The summed E-state index contributed by atoms with van der Waals surface area (Å²) in [7, 11) is 0. The molecule has 8 heteroatoms. The van der Waals surface area contributed by atoms with Gasteiger partial charge in [-0.3, -0.25) is 9.59 Å². The maximum atomic E-state index is 13.3. The van der Waals surface area contributed by atoms with Crippen LogP contribution in [0.3, 0.4) is 0 Å². The fourth-order valence-corrected chi connectivity index (χ4v) is 4.44. The van der Waals surface area contributed by atoms with Gasteiger partial charge in [-0.2, -0.15) is 0 Å². The third-order valence-corrected chi connectivity index (χ3v) is 6.61. The van der Waals surface area contributed by atoms with Crippen LogP contribution < -0.4 is 5.32 Å². The highest BCUT2D eigenvalue weighted by Crippen LogP contribution is 2.25. The zero-order chi connectivity index (χ0) is 23.9. The molecular formula is C24H29Cl3N2O2S. The molecule has 2 rings (SSSR count). The van der Waals surface area contributed by atoms with Gasteiger partial charge in [-0.25, -0.2) is 0 Å². The molecule has 0 aliphatic heterocycles. The Balaban J connectivity index is 2.18. The summed E-state index contributed by atoms with van der Waals surface area (Å²) in [6, 6.07) is 12.2. The lowest BCUT2D eigenvalue weighted by atomic mass is 10.1. The Morgan fingerprint density at radius 3 is 2.19 bits per heavy atom. The zero-order valence-electron chi connectivity index (χ0n) is 18.8. The third-order valence-electron chi connectivity index (χ3n) is 4.63. The molecule has 32 heavy (non-hydrogen) atoms. The third kappa shape index (κ3) is 8.51. The summed E-state index contributed by atoms with van der Waals surface area (Å²) in [5, 5.41) is 4.54. The van der Waals surface area contributed by atoms with Crippen LogP contribution in [0.25, 0.3) is 0 Å². The first-order chi connectivity index (χ1) is 15.0. The van der Waals surface area contributed by atoms with E-state index in [2.05, 4.69) is 5.32 Å².